The molecule has 3 aliphatic rings. The number of nitrogens with zero attached hydrogens (tertiary/aromatic N) is 2. The van der Waals surface area contributed by atoms with Crippen molar-refractivity contribution < 1.29 is 35.5 Å². The van der Waals surface area contributed by atoms with Gasteiger partial charge in [0.2, 0.25) is 12.9 Å². The number of rotatable bonds is 8. The zero-order chi connectivity index (χ0) is 25.8. The molecule has 35 heavy (non-hydrogen) atoms. The van der Waals surface area contributed by atoms with Crippen LogP contribution in [0, 0.1) is 11.8 Å². The third-order valence-electron chi connectivity index (χ3n) is 7.13. The minimum atomic E-state index is -3.41. The van der Waals surface area contributed by atoms with Crippen molar-refractivity contribution in [2.45, 2.75) is 62.8 Å². The van der Waals surface area contributed by atoms with Crippen LogP contribution in [0.4, 0.5) is 30.7 Å². The zero-order valence-corrected chi connectivity index (χ0v) is 18.6. The highest BCUT2D eigenvalue weighted by molar-refractivity contribution is 5.74. The fraction of sp³-hybridized carbons (Fsp3) is 0.714. The first-order valence-corrected chi connectivity index (χ1v) is 11.1. The van der Waals surface area contributed by atoms with Gasteiger partial charge >= 0.3 is 5.69 Å². The molecular formula is C21H25F7N4O3. The Kier molecular flexibility index (Phi) is 7.17. The van der Waals surface area contributed by atoms with Gasteiger partial charge in [0.25, 0.3) is 12.0 Å². The lowest BCUT2D eigenvalue weighted by atomic mass is 9.87. The normalized spacial score (nSPS) is 26.5. The van der Waals surface area contributed by atoms with Crippen molar-refractivity contribution in [3.63, 3.8) is 0 Å². The largest absolute Gasteiger partial charge is 0.373 e. The maximum absolute atomic E-state index is 15.7. The van der Waals surface area contributed by atoms with E-state index in [9.17, 15) is 35.9 Å². The molecule has 7 nitrogen and oxygen atoms in total. The van der Waals surface area contributed by atoms with Crippen LogP contribution in [0.3, 0.4) is 0 Å². The third-order valence-corrected chi connectivity index (χ3v) is 7.13. The Balaban J connectivity index is 1.77. The molecule has 0 amide bonds. The van der Waals surface area contributed by atoms with E-state index in [0.717, 1.165) is 11.7 Å². The molecule has 4 unspecified atom stereocenters. The van der Waals surface area contributed by atoms with E-state index in [4.69, 9.17) is 10.5 Å². The van der Waals surface area contributed by atoms with Gasteiger partial charge in [-0.25, -0.2) is 35.5 Å². The fourth-order valence-corrected chi connectivity index (χ4v) is 5.31. The highest BCUT2D eigenvalue weighted by Gasteiger charge is 2.50. The van der Waals surface area contributed by atoms with E-state index in [1.54, 1.807) is 0 Å². The molecule has 14 heteroatoms. The standard InChI is InChI=1S/C21H25F7N4O3/c1-35-16-14-10(20(33)30-21(34)32(14)8-2-3-8)9(17(23)24)12(22)15(16)31-5-4-7(6-31)13(29)11(18(25)26)19(27)28/h7-8,11,13,15-19H,2-6,29H2,1H3,(H,30,33,34). The minimum absolute atomic E-state index is 0.0296. The Labute approximate surface area is 194 Å². The summed E-state index contributed by atoms with van der Waals surface area (Å²) in [5.74, 6) is -4.66. The number of fused-ring (bicyclic) bond motifs is 1. The van der Waals surface area contributed by atoms with Crippen molar-refractivity contribution in [2.24, 2.45) is 17.6 Å². The number of likely N-dealkylation sites (tertiary alicyclic amines) is 1. The molecular weight excluding hydrogens is 489 g/mol. The number of nitrogens with two attached hydrogens (primary N) is 1. The van der Waals surface area contributed by atoms with Crippen molar-refractivity contribution in [3.05, 3.63) is 37.9 Å². The number of ether oxygens (including phenoxy) is 1. The second-order valence-corrected chi connectivity index (χ2v) is 9.15. The highest BCUT2D eigenvalue weighted by Crippen LogP contribution is 2.47. The number of nitrogens with one attached hydrogen (secondary N) is 1. The van der Waals surface area contributed by atoms with Crippen LogP contribution in [0.1, 0.15) is 42.7 Å². The van der Waals surface area contributed by atoms with Crippen LogP contribution >= 0.6 is 0 Å². The molecule has 0 aromatic carbocycles. The van der Waals surface area contributed by atoms with E-state index in [0.29, 0.717) is 12.8 Å². The van der Waals surface area contributed by atoms with Crippen LogP contribution < -0.4 is 17.0 Å². The van der Waals surface area contributed by atoms with Gasteiger partial charge in [-0.3, -0.25) is 19.2 Å². The lowest BCUT2D eigenvalue weighted by Crippen LogP contribution is -2.49. The lowest BCUT2D eigenvalue weighted by Gasteiger charge is -2.39. The molecule has 4 atom stereocenters. The Morgan fingerprint density at radius 2 is 1.69 bits per heavy atom. The van der Waals surface area contributed by atoms with Crippen molar-refractivity contribution in [1.82, 2.24) is 14.5 Å². The second-order valence-electron chi connectivity index (χ2n) is 9.15. The third kappa shape index (κ3) is 4.44. The zero-order valence-electron chi connectivity index (χ0n) is 18.6. The summed E-state index contributed by atoms with van der Waals surface area (Å²) in [6.07, 6.45) is -10.4. The molecule has 1 saturated heterocycles. The highest BCUT2D eigenvalue weighted by atomic mass is 19.3. The summed E-state index contributed by atoms with van der Waals surface area (Å²) in [6.45, 7) is -0.268. The maximum atomic E-state index is 15.7. The summed E-state index contributed by atoms with van der Waals surface area (Å²) < 4.78 is 103. The maximum Gasteiger partial charge on any atom is 0.328 e. The van der Waals surface area contributed by atoms with Gasteiger partial charge in [-0.2, -0.15) is 0 Å². The predicted octanol–water partition coefficient (Wildman–Crippen LogP) is 2.68. The molecule has 2 heterocycles. The molecule has 0 spiro atoms. The summed E-state index contributed by atoms with van der Waals surface area (Å²) in [4.78, 5) is 28.4. The molecule has 3 N–H and O–H groups in total. The van der Waals surface area contributed by atoms with Crippen LogP contribution in [-0.4, -0.2) is 66.0 Å². The molecule has 0 radical (unpaired) electrons. The van der Waals surface area contributed by atoms with Crippen LogP contribution in [0.2, 0.25) is 0 Å². The Bertz CT molecular complexity index is 1090. The monoisotopic (exact) mass is 514 g/mol. The summed E-state index contributed by atoms with van der Waals surface area (Å²) in [7, 11) is 1.16. The molecule has 196 valence electrons. The number of halogens is 7. The van der Waals surface area contributed by atoms with Gasteiger partial charge in [-0.15, -0.1) is 0 Å². The van der Waals surface area contributed by atoms with Gasteiger partial charge in [0.15, 0.2) is 0 Å². The van der Waals surface area contributed by atoms with Gasteiger partial charge in [0.05, 0.1) is 28.8 Å². The Morgan fingerprint density at radius 3 is 2.20 bits per heavy atom. The van der Waals surface area contributed by atoms with E-state index in [-0.39, 0.29) is 31.2 Å². The topological polar surface area (TPSA) is 93.3 Å². The second kappa shape index (κ2) is 9.69. The van der Waals surface area contributed by atoms with Gasteiger partial charge in [-0.1, -0.05) is 0 Å². The Hall–Kier alpha value is -2.19. The quantitative estimate of drug-likeness (QED) is 0.521. The van der Waals surface area contributed by atoms with Gasteiger partial charge in [0.1, 0.15) is 11.9 Å². The Morgan fingerprint density at radius 1 is 1.06 bits per heavy atom. The first-order valence-electron chi connectivity index (χ1n) is 11.1. The summed E-state index contributed by atoms with van der Waals surface area (Å²) >= 11 is 0. The minimum Gasteiger partial charge on any atom is -0.373 e. The number of aromatic amines is 1. The van der Waals surface area contributed by atoms with E-state index in [2.05, 4.69) is 0 Å². The molecule has 2 aliphatic carbocycles. The lowest BCUT2D eigenvalue weighted by molar-refractivity contribution is -0.0480. The number of allylic oxidation sites excluding steroid dienone is 1. The number of methoxy groups -OCH3 is 1. The smallest absolute Gasteiger partial charge is 0.328 e. The number of hydrogen-bond donors (Lipinski definition) is 2. The first kappa shape index (κ1) is 25.9. The van der Waals surface area contributed by atoms with Crippen molar-refractivity contribution in [2.75, 3.05) is 20.2 Å². The van der Waals surface area contributed by atoms with Gasteiger partial charge < -0.3 is 10.5 Å². The average molecular weight is 514 g/mol. The van der Waals surface area contributed by atoms with Crippen molar-refractivity contribution in [3.8, 4) is 0 Å². The number of aromatic nitrogens is 2. The molecule has 2 fully saturated rings. The number of hydrogen-bond acceptors (Lipinski definition) is 5. The van der Waals surface area contributed by atoms with Crippen LogP contribution in [0.15, 0.2) is 15.4 Å². The summed E-state index contributed by atoms with van der Waals surface area (Å²) in [6, 6.07) is -3.54. The van der Waals surface area contributed by atoms with Gasteiger partial charge in [-0.05, 0) is 31.7 Å². The summed E-state index contributed by atoms with van der Waals surface area (Å²) in [5.41, 5.74) is 1.70. The molecule has 1 aromatic rings. The van der Waals surface area contributed by atoms with E-state index < -0.39 is 77.5 Å². The fourth-order valence-electron chi connectivity index (χ4n) is 5.31. The van der Waals surface area contributed by atoms with Gasteiger partial charge in [0, 0.05) is 25.7 Å². The SMILES string of the molecule is COC1c2c(c(=O)[nH]c(=O)n2C2CC2)C(C(F)F)=C(F)C1N1CCC(C(N)C(C(F)F)C(F)F)C1. The molecule has 1 aliphatic heterocycles. The molecule has 1 aromatic heterocycles. The number of alkyl halides is 6. The van der Waals surface area contributed by atoms with E-state index in [1.165, 1.54) is 4.90 Å². The molecule has 4 rings (SSSR count). The van der Waals surface area contributed by atoms with Crippen molar-refractivity contribution >= 4 is 5.57 Å². The first-order chi connectivity index (χ1) is 16.5. The molecule has 1 saturated carbocycles. The predicted molar refractivity (Wildman–Crippen MR) is 110 cm³/mol. The number of H-pyrrole nitrogens is 1. The molecule has 0 bridgehead atoms. The van der Waals surface area contributed by atoms with Crippen LogP contribution in [0.25, 0.3) is 5.57 Å². The van der Waals surface area contributed by atoms with E-state index >= 15 is 4.39 Å². The van der Waals surface area contributed by atoms with Crippen LogP contribution in [-0.2, 0) is 4.74 Å². The summed E-state index contributed by atoms with van der Waals surface area (Å²) in [5, 5.41) is 0. The van der Waals surface area contributed by atoms with Crippen molar-refractivity contribution in [1.29, 1.82) is 0 Å². The van der Waals surface area contributed by atoms with Crippen LogP contribution in [0.5, 0.6) is 0 Å². The van der Waals surface area contributed by atoms with E-state index in [1.807, 2.05) is 4.98 Å². The average Bonchev–Trinajstić information content (AvgIpc) is 3.47.